The minimum absolute atomic E-state index is 0.0103. The van der Waals surface area contributed by atoms with Crippen molar-refractivity contribution in [1.82, 2.24) is 5.32 Å². The first kappa shape index (κ1) is 17.4. The third-order valence-electron chi connectivity index (χ3n) is 4.55. The molecule has 2 aliphatic rings. The highest BCUT2D eigenvalue weighted by atomic mass is 16.5. The molecule has 0 aromatic heterocycles. The van der Waals surface area contributed by atoms with Gasteiger partial charge in [-0.2, -0.15) is 0 Å². The number of benzene rings is 1. The molecule has 3 rings (SSSR count). The Labute approximate surface area is 146 Å². The molecule has 134 valence electrons. The predicted octanol–water partition coefficient (Wildman–Crippen LogP) is 1.36. The lowest BCUT2D eigenvalue weighted by Crippen LogP contribution is -2.39. The van der Waals surface area contributed by atoms with Gasteiger partial charge >= 0.3 is 11.8 Å². The fourth-order valence-electron chi connectivity index (χ4n) is 3.16. The average Bonchev–Trinajstić information content (AvgIpc) is 3.26. The first-order valence-electron chi connectivity index (χ1n) is 8.66. The van der Waals surface area contributed by atoms with Gasteiger partial charge in [0.2, 0.25) is 5.91 Å². The van der Waals surface area contributed by atoms with Crippen molar-refractivity contribution in [2.24, 2.45) is 0 Å². The highest BCUT2D eigenvalue weighted by molar-refractivity contribution is 6.39. The summed E-state index contributed by atoms with van der Waals surface area (Å²) in [6.07, 6.45) is 3.24. The van der Waals surface area contributed by atoms with E-state index in [0.717, 1.165) is 30.5 Å². The topological polar surface area (TPSA) is 87.7 Å². The van der Waals surface area contributed by atoms with Gasteiger partial charge in [0.25, 0.3) is 0 Å². The number of carbonyl (C=O) groups excluding carboxylic acids is 3. The first-order chi connectivity index (χ1) is 12.0. The van der Waals surface area contributed by atoms with Crippen LogP contribution in [0.2, 0.25) is 0 Å². The van der Waals surface area contributed by atoms with Crippen molar-refractivity contribution in [3.63, 3.8) is 0 Å². The number of carbonyl (C=O) groups is 3. The Morgan fingerprint density at radius 2 is 2.12 bits per heavy atom. The third kappa shape index (κ3) is 4.17. The van der Waals surface area contributed by atoms with Crippen molar-refractivity contribution in [3.8, 4) is 0 Å². The number of aryl methyl sites for hydroxylation is 1. The fraction of sp³-hybridized carbons (Fsp3) is 0.500. The normalized spacial score (nSPS) is 20.0. The lowest BCUT2D eigenvalue weighted by molar-refractivity contribution is -0.136. The van der Waals surface area contributed by atoms with Gasteiger partial charge < -0.3 is 20.3 Å². The van der Waals surface area contributed by atoms with Gasteiger partial charge in [-0.15, -0.1) is 0 Å². The Balaban J connectivity index is 1.60. The van der Waals surface area contributed by atoms with Gasteiger partial charge in [0.15, 0.2) is 0 Å². The third-order valence-corrected chi connectivity index (χ3v) is 4.55. The molecule has 7 nitrogen and oxygen atoms in total. The Bertz CT molecular complexity index is 683. The van der Waals surface area contributed by atoms with Crippen molar-refractivity contribution >= 4 is 29.1 Å². The summed E-state index contributed by atoms with van der Waals surface area (Å²) in [7, 11) is 0. The van der Waals surface area contributed by atoms with Crippen LogP contribution in [-0.4, -0.2) is 43.5 Å². The van der Waals surface area contributed by atoms with Crippen LogP contribution in [0.1, 0.15) is 31.2 Å². The average molecular weight is 345 g/mol. The van der Waals surface area contributed by atoms with E-state index in [1.54, 1.807) is 17.0 Å². The summed E-state index contributed by atoms with van der Waals surface area (Å²) in [5.74, 6) is -1.32. The molecule has 0 bridgehead atoms. The second-order valence-corrected chi connectivity index (χ2v) is 6.45. The summed E-state index contributed by atoms with van der Waals surface area (Å²) in [6.45, 7) is 3.64. The molecule has 0 spiro atoms. The number of hydrogen-bond acceptors (Lipinski definition) is 4. The van der Waals surface area contributed by atoms with E-state index in [1.807, 2.05) is 13.0 Å². The molecule has 1 atom stereocenters. The summed E-state index contributed by atoms with van der Waals surface area (Å²) >= 11 is 0. The summed E-state index contributed by atoms with van der Waals surface area (Å²) in [6, 6.07) is 5.30. The molecule has 7 heteroatoms. The van der Waals surface area contributed by atoms with Gasteiger partial charge in [0.05, 0.1) is 6.10 Å². The second-order valence-electron chi connectivity index (χ2n) is 6.45. The van der Waals surface area contributed by atoms with Crippen molar-refractivity contribution in [3.05, 3.63) is 23.8 Å². The van der Waals surface area contributed by atoms with Crippen molar-refractivity contribution in [2.75, 3.05) is 29.9 Å². The SMILES string of the molecule is Cc1ccc(NC(=O)C(=O)NC[C@H]2CCCO2)cc1N1CCCC1=O. The van der Waals surface area contributed by atoms with Gasteiger partial charge in [-0.3, -0.25) is 14.4 Å². The number of amides is 3. The van der Waals surface area contributed by atoms with E-state index in [1.165, 1.54) is 0 Å². The zero-order chi connectivity index (χ0) is 17.8. The second kappa shape index (κ2) is 7.65. The van der Waals surface area contributed by atoms with Crippen molar-refractivity contribution in [1.29, 1.82) is 0 Å². The highest BCUT2D eigenvalue weighted by Crippen LogP contribution is 2.28. The van der Waals surface area contributed by atoms with Crippen LogP contribution in [0.25, 0.3) is 0 Å². The Morgan fingerprint density at radius 3 is 2.80 bits per heavy atom. The van der Waals surface area contributed by atoms with Crippen LogP contribution in [0.15, 0.2) is 18.2 Å². The van der Waals surface area contributed by atoms with Gasteiger partial charge in [-0.05, 0) is 43.9 Å². The monoisotopic (exact) mass is 345 g/mol. The van der Waals surface area contributed by atoms with E-state index in [0.29, 0.717) is 31.8 Å². The summed E-state index contributed by atoms with van der Waals surface area (Å²) in [5, 5.41) is 5.19. The molecular formula is C18H23N3O4. The molecule has 0 unspecified atom stereocenters. The molecule has 2 fully saturated rings. The van der Waals surface area contributed by atoms with E-state index in [2.05, 4.69) is 10.6 Å². The van der Waals surface area contributed by atoms with Crippen LogP contribution in [0.4, 0.5) is 11.4 Å². The number of ether oxygens (including phenoxy) is 1. The van der Waals surface area contributed by atoms with Gasteiger partial charge in [-0.25, -0.2) is 0 Å². The predicted molar refractivity (Wildman–Crippen MR) is 93.4 cm³/mol. The highest BCUT2D eigenvalue weighted by Gasteiger charge is 2.24. The Kier molecular flexibility index (Phi) is 5.33. The smallest absolute Gasteiger partial charge is 0.313 e. The fourth-order valence-corrected chi connectivity index (χ4v) is 3.16. The Hall–Kier alpha value is -2.41. The van der Waals surface area contributed by atoms with Gasteiger partial charge in [0, 0.05) is 37.5 Å². The summed E-state index contributed by atoms with van der Waals surface area (Å²) < 4.78 is 5.41. The minimum atomic E-state index is -0.722. The zero-order valence-corrected chi connectivity index (χ0v) is 14.3. The van der Waals surface area contributed by atoms with Crippen LogP contribution >= 0.6 is 0 Å². The van der Waals surface area contributed by atoms with E-state index >= 15 is 0 Å². The number of nitrogens with zero attached hydrogens (tertiary/aromatic N) is 1. The standard InChI is InChI=1S/C18H23N3O4/c1-12-6-7-13(10-15(12)21-8-2-5-16(21)22)20-18(24)17(23)19-11-14-4-3-9-25-14/h6-7,10,14H,2-5,8-9,11H2,1H3,(H,19,23)(H,20,24)/t14-/m1/s1. The van der Waals surface area contributed by atoms with Crippen LogP contribution in [-0.2, 0) is 19.1 Å². The Morgan fingerprint density at radius 1 is 1.28 bits per heavy atom. The van der Waals surface area contributed by atoms with Gasteiger partial charge in [-0.1, -0.05) is 6.07 Å². The van der Waals surface area contributed by atoms with E-state index < -0.39 is 11.8 Å². The lowest BCUT2D eigenvalue weighted by atomic mass is 10.1. The molecule has 1 aromatic rings. The van der Waals surface area contributed by atoms with E-state index in [9.17, 15) is 14.4 Å². The first-order valence-corrected chi connectivity index (χ1v) is 8.66. The van der Waals surface area contributed by atoms with Crippen LogP contribution in [0.5, 0.6) is 0 Å². The zero-order valence-electron chi connectivity index (χ0n) is 14.3. The maximum absolute atomic E-state index is 12.1. The molecule has 25 heavy (non-hydrogen) atoms. The summed E-state index contributed by atoms with van der Waals surface area (Å²) in [4.78, 5) is 37.6. The molecule has 3 amide bonds. The maximum atomic E-state index is 12.1. The van der Waals surface area contributed by atoms with E-state index in [4.69, 9.17) is 4.74 Å². The van der Waals surface area contributed by atoms with E-state index in [-0.39, 0.29) is 12.0 Å². The molecule has 2 heterocycles. The number of anilines is 2. The molecule has 2 saturated heterocycles. The minimum Gasteiger partial charge on any atom is -0.376 e. The van der Waals surface area contributed by atoms with Crippen LogP contribution in [0, 0.1) is 6.92 Å². The number of rotatable bonds is 4. The molecule has 0 aliphatic carbocycles. The van der Waals surface area contributed by atoms with Crippen molar-refractivity contribution < 1.29 is 19.1 Å². The molecule has 2 aliphatic heterocycles. The quantitative estimate of drug-likeness (QED) is 0.807. The van der Waals surface area contributed by atoms with Crippen molar-refractivity contribution in [2.45, 2.75) is 38.7 Å². The largest absolute Gasteiger partial charge is 0.376 e. The molecule has 0 saturated carbocycles. The number of nitrogens with one attached hydrogen (secondary N) is 2. The summed E-state index contributed by atoms with van der Waals surface area (Å²) in [5.41, 5.74) is 2.23. The molecule has 1 aromatic carbocycles. The number of hydrogen-bond donors (Lipinski definition) is 2. The van der Waals surface area contributed by atoms with Gasteiger partial charge in [0.1, 0.15) is 0 Å². The lowest BCUT2D eigenvalue weighted by Gasteiger charge is -2.19. The molecular weight excluding hydrogens is 322 g/mol. The van der Waals surface area contributed by atoms with Crippen LogP contribution in [0.3, 0.4) is 0 Å². The molecule has 2 N–H and O–H groups in total. The van der Waals surface area contributed by atoms with Crippen LogP contribution < -0.4 is 15.5 Å². The maximum Gasteiger partial charge on any atom is 0.313 e. The molecule has 0 radical (unpaired) electrons.